The average molecular weight is 303 g/mol. The minimum absolute atomic E-state index is 0.147. The highest BCUT2D eigenvalue weighted by atomic mass is 35.5. The molecule has 1 fully saturated rings. The molecule has 1 saturated heterocycles. The number of aliphatic hydroxyl groups excluding tert-OH is 1. The van der Waals surface area contributed by atoms with Crippen LogP contribution in [0.2, 0.25) is 0 Å². The molecule has 108 valence electrons. The molecule has 0 radical (unpaired) electrons. The molecular weight excluding hydrogens is 280 g/mol. The molecule has 3 nitrogen and oxygen atoms in total. The summed E-state index contributed by atoms with van der Waals surface area (Å²) >= 11 is 7.47. The van der Waals surface area contributed by atoms with E-state index in [1.54, 1.807) is 11.3 Å². The number of thiazole rings is 1. The van der Waals surface area contributed by atoms with Gasteiger partial charge in [-0.05, 0) is 51.7 Å². The molecule has 1 aliphatic heterocycles. The largest absolute Gasteiger partial charge is 0.393 e. The molecule has 1 aromatic rings. The smallest absolute Gasteiger partial charge is 0.0929 e. The maximum absolute atomic E-state index is 9.58. The van der Waals surface area contributed by atoms with Crippen molar-refractivity contribution in [2.24, 2.45) is 5.92 Å². The summed E-state index contributed by atoms with van der Waals surface area (Å²) in [4.78, 5) is 6.99. The quantitative estimate of drug-likeness (QED) is 0.821. The second kappa shape index (κ2) is 7.58. The van der Waals surface area contributed by atoms with Gasteiger partial charge < -0.3 is 10.0 Å². The summed E-state index contributed by atoms with van der Waals surface area (Å²) < 4.78 is 0. The summed E-state index contributed by atoms with van der Waals surface area (Å²) in [6.07, 6.45) is 4.33. The Morgan fingerprint density at radius 1 is 1.53 bits per heavy atom. The van der Waals surface area contributed by atoms with E-state index in [1.165, 1.54) is 5.01 Å². The molecule has 1 aromatic heterocycles. The summed E-state index contributed by atoms with van der Waals surface area (Å²) in [7, 11) is 0. The van der Waals surface area contributed by atoms with Crippen molar-refractivity contribution in [1.29, 1.82) is 0 Å². The minimum atomic E-state index is -0.147. The van der Waals surface area contributed by atoms with Crippen molar-refractivity contribution in [2.45, 2.75) is 44.6 Å². The van der Waals surface area contributed by atoms with Gasteiger partial charge in [-0.15, -0.1) is 22.9 Å². The van der Waals surface area contributed by atoms with Crippen LogP contribution in [-0.4, -0.2) is 40.7 Å². The van der Waals surface area contributed by atoms with Gasteiger partial charge in [0.05, 0.1) is 22.7 Å². The van der Waals surface area contributed by atoms with Crippen LogP contribution in [0.5, 0.6) is 0 Å². The molecule has 0 amide bonds. The predicted octanol–water partition coefficient (Wildman–Crippen LogP) is 2.91. The summed E-state index contributed by atoms with van der Waals surface area (Å²) in [5.41, 5.74) is 0.999. The van der Waals surface area contributed by atoms with E-state index >= 15 is 0 Å². The van der Waals surface area contributed by atoms with Gasteiger partial charge in [-0.3, -0.25) is 0 Å². The molecule has 5 heteroatoms. The van der Waals surface area contributed by atoms with E-state index in [2.05, 4.69) is 15.3 Å². The highest BCUT2D eigenvalue weighted by Gasteiger charge is 2.22. The maximum atomic E-state index is 9.58. The van der Waals surface area contributed by atoms with Gasteiger partial charge in [-0.25, -0.2) is 4.98 Å². The average Bonchev–Trinajstić information content (AvgIpc) is 2.87. The Morgan fingerprint density at radius 3 is 2.84 bits per heavy atom. The number of likely N-dealkylation sites (tertiary alicyclic amines) is 1. The minimum Gasteiger partial charge on any atom is -0.393 e. The Kier molecular flexibility index (Phi) is 6.07. The zero-order chi connectivity index (χ0) is 13.7. The van der Waals surface area contributed by atoms with Crippen LogP contribution in [0.3, 0.4) is 0 Å². The van der Waals surface area contributed by atoms with Crippen LogP contribution in [0, 0.1) is 5.92 Å². The van der Waals surface area contributed by atoms with E-state index < -0.39 is 0 Å². The lowest BCUT2D eigenvalue weighted by Gasteiger charge is -2.33. The molecule has 1 atom stereocenters. The number of hydrogen-bond acceptors (Lipinski definition) is 4. The van der Waals surface area contributed by atoms with E-state index in [4.69, 9.17) is 11.6 Å². The van der Waals surface area contributed by atoms with Crippen LogP contribution in [0.4, 0.5) is 0 Å². The fourth-order valence-corrected chi connectivity index (χ4v) is 3.71. The summed E-state index contributed by atoms with van der Waals surface area (Å²) in [5.74, 6) is 1.02. The Hall–Kier alpha value is -0.160. The Balaban J connectivity index is 1.64. The van der Waals surface area contributed by atoms with Crippen molar-refractivity contribution < 1.29 is 5.11 Å². The van der Waals surface area contributed by atoms with Crippen LogP contribution in [0.25, 0.3) is 0 Å². The normalized spacial score (nSPS) is 19.7. The van der Waals surface area contributed by atoms with Gasteiger partial charge in [0.25, 0.3) is 0 Å². The highest BCUT2D eigenvalue weighted by Crippen LogP contribution is 2.21. The molecular formula is C14H23ClN2OS. The number of piperidine rings is 1. The molecule has 1 N–H and O–H groups in total. The zero-order valence-corrected chi connectivity index (χ0v) is 13.1. The Bertz CT molecular complexity index is 375. The first-order valence-electron chi connectivity index (χ1n) is 7.08. The number of nitrogens with zero attached hydrogens (tertiary/aromatic N) is 2. The first kappa shape index (κ1) is 15.2. The van der Waals surface area contributed by atoms with Crippen molar-refractivity contribution >= 4 is 22.9 Å². The number of rotatable bonds is 6. The molecule has 1 aliphatic rings. The van der Waals surface area contributed by atoms with Gasteiger partial charge in [-0.1, -0.05) is 0 Å². The lowest BCUT2D eigenvalue weighted by Crippen LogP contribution is -2.37. The van der Waals surface area contributed by atoms with Crippen LogP contribution < -0.4 is 0 Å². The monoisotopic (exact) mass is 302 g/mol. The molecule has 2 rings (SSSR count). The molecule has 19 heavy (non-hydrogen) atoms. The third kappa shape index (κ3) is 4.71. The Morgan fingerprint density at radius 2 is 2.26 bits per heavy atom. The van der Waals surface area contributed by atoms with E-state index in [0.717, 1.165) is 51.0 Å². The molecule has 0 spiro atoms. The van der Waals surface area contributed by atoms with Gasteiger partial charge in [-0.2, -0.15) is 0 Å². The highest BCUT2D eigenvalue weighted by molar-refractivity contribution is 7.09. The molecule has 0 aromatic carbocycles. The van der Waals surface area contributed by atoms with Gasteiger partial charge in [0.2, 0.25) is 0 Å². The van der Waals surface area contributed by atoms with E-state index in [0.29, 0.717) is 11.8 Å². The van der Waals surface area contributed by atoms with E-state index in [1.807, 2.05) is 6.92 Å². The molecule has 0 bridgehead atoms. The Labute approximate surface area is 124 Å². The predicted molar refractivity (Wildman–Crippen MR) is 80.8 cm³/mol. The van der Waals surface area contributed by atoms with Crippen molar-refractivity contribution in [3.8, 4) is 0 Å². The number of aliphatic hydroxyl groups is 1. The number of aromatic nitrogens is 1. The van der Waals surface area contributed by atoms with Crippen molar-refractivity contribution in [3.05, 3.63) is 16.1 Å². The second-order valence-corrected chi connectivity index (χ2v) is 6.60. The van der Waals surface area contributed by atoms with E-state index in [9.17, 15) is 5.11 Å². The summed E-state index contributed by atoms with van der Waals surface area (Å²) in [6, 6.07) is 0. The number of aryl methyl sites for hydroxylation is 1. The van der Waals surface area contributed by atoms with Gasteiger partial charge >= 0.3 is 0 Å². The zero-order valence-electron chi connectivity index (χ0n) is 11.5. The number of hydrogen-bond donors (Lipinski definition) is 1. The van der Waals surface area contributed by atoms with Crippen molar-refractivity contribution in [2.75, 3.05) is 19.6 Å². The SMILES string of the molecule is CC(O)C1CCN(CCCc2nc(CCl)cs2)CC1. The maximum Gasteiger partial charge on any atom is 0.0929 e. The van der Waals surface area contributed by atoms with E-state index in [-0.39, 0.29) is 6.10 Å². The molecule has 0 saturated carbocycles. The fourth-order valence-electron chi connectivity index (χ4n) is 2.64. The number of halogens is 1. The van der Waals surface area contributed by atoms with Crippen LogP contribution in [-0.2, 0) is 12.3 Å². The first-order valence-corrected chi connectivity index (χ1v) is 8.50. The molecule has 1 unspecified atom stereocenters. The summed E-state index contributed by atoms with van der Waals surface area (Å²) in [6.45, 7) is 5.31. The third-order valence-electron chi connectivity index (χ3n) is 3.92. The van der Waals surface area contributed by atoms with Crippen molar-refractivity contribution in [3.63, 3.8) is 0 Å². The lowest BCUT2D eigenvalue weighted by molar-refractivity contribution is 0.0716. The standard InChI is InChI=1S/C14H23ClN2OS/c1-11(18)12-4-7-17(8-5-12)6-2-3-14-16-13(9-15)10-19-14/h10-12,18H,2-9H2,1H3. The van der Waals surface area contributed by atoms with Gasteiger partial charge in [0, 0.05) is 11.8 Å². The first-order chi connectivity index (χ1) is 9.19. The third-order valence-corrected chi connectivity index (χ3v) is 5.15. The fraction of sp³-hybridized carbons (Fsp3) is 0.786. The van der Waals surface area contributed by atoms with Crippen molar-refractivity contribution in [1.82, 2.24) is 9.88 Å². The molecule has 2 heterocycles. The lowest BCUT2D eigenvalue weighted by atomic mass is 9.92. The van der Waals surface area contributed by atoms with Crippen LogP contribution in [0.15, 0.2) is 5.38 Å². The molecule has 0 aliphatic carbocycles. The van der Waals surface area contributed by atoms with Gasteiger partial charge in [0.1, 0.15) is 0 Å². The number of alkyl halides is 1. The topological polar surface area (TPSA) is 36.4 Å². The van der Waals surface area contributed by atoms with Gasteiger partial charge in [0.15, 0.2) is 0 Å². The summed E-state index contributed by atoms with van der Waals surface area (Å²) in [5, 5.41) is 12.8. The van der Waals surface area contributed by atoms with Crippen LogP contribution >= 0.6 is 22.9 Å². The van der Waals surface area contributed by atoms with Crippen LogP contribution in [0.1, 0.15) is 36.9 Å². The second-order valence-electron chi connectivity index (χ2n) is 5.39.